The molecule has 2 heterocycles. The first-order valence-corrected chi connectivity index (χ1v) is 7.49. The van der Waals surface area contributed by atoms with E-state index in [1.807, 2.05) is 24.3 Å². The van der Waals surface area contributed by atoms with Gasteiger partial charge in [-0.2, -0.15) is 0 Å². The van der Waals surface area contributed by atoms with Crippen LogP contribution in [0.1, 0.15) is 24.8 Å². The van der Waals surface area contributed by atoms with Crippen LogP contribution >= 0.6 is 0 Å². The van der Waals surface area contributed by atoms with Crippen molar-refractivity contribution in [2.45, 2.75) is 30.9 Å². The second-order valence-corrected chi connectivity index (χ2v) is 6.05. The van der Waals surface area contributed by atoms with Gasteiger partial charge < -0.3 is 20.1 Å². The first kappa shape index (κ1) is 14.4. The molecule has 1 aromatic carbocycles. The average molecular weight is 289 g/mol. The summed E-state index contributed by atoms with van der Waals surface area (Å²) in [6.45, 7) is 2.33. The van der Waals surface area contributed by atoms with Crippen LogP contribution in [0, 0.1) is 5.41 Å². The van der Waals surface area contributed by atoms with Crippen LogP contribution in [0.15, 0.2) is 24.3 Å². The van der Waals surface area contributed by atoms with E-state index in [2.05, 4.69) is 11.9 Å². The summed E-state index contributed by atoms with van der Waals surface area (Å²) in [5.41, 5.74) is 7.34. The van der Waals surface area contributed by atoms with Crippen LogP contribution < -0.4 is 10.6 Å². The summed E-state index contributed by atoms with van der Waals surface area (Å²) in [5.74, 6) is 0.109. The molecule has 2 fully saturated rings. The fraction of sp³-hybridized carbons (Fsp3) is 0.562. The Labute approximate surface area is 125 Å². The molecule has 2 atom stereocenters. The summed E-state index contributed by atoms with van der Waals surface area (Å²) in [6.07, 6.45) is 3.05. The summed E-state index contributed by atoms with van der Waals surface area (Å²) in [5, 5.41) is 7.45. The second-order valence-electron chi connectivity index (χ2n) is 6.05. The predicted octanol–water partition coefficient (Wildman–Crippen LogP) is 1.74. The van der Waals surface area contributed by atoms with Gasteiger partial charge >= 0.3 is 0 Å². The van der Waals surface area contributed by atoms with Gasteiger partial charge in [-0.3, -0.25) is 5.41 Å². The van der Waals surface area contributed by atoms with E-state index in [9.17, 15) is 0 Å². The summed E-state index contributed by atoms with van der Waals surface area (Å²) >= 11 is 0. The first-order chi connectivity index (χ1) is 10.1. The van der Waals surface area contributed by atoms with Gasteiger partial charge in [0.2, 0.25) is 0 Å². The van der Waals surface area contributed by atoms with Crippen molar-refractivity contribution in [1.29, 1.82) is 5.41 Å². The van der Waals surface area contributed by atoms with Gasteiger partial charge in [0.25, 0.3) is 0 Å². The summed E-state index contributed by atoms with van der Waals surface area (Å²) < 4.78 is 11.5. The fourth-order valence-corrected chi connectivity index (χ4v) is 3.28. The summed E-state index contributed by atoms with van der Waals surface area (Å²) in [6, 6.07) is 8.33. The molecule has 2 unspecified atom stereocenters. The van der Waals surface area contributed by atoms with Gasteiger partial charge in [-0.1, -0.05) is 0 Å². The van der Waals surface area contributed by atoms with Crippen molar-refractivity contribution in [3.63, 3.8) is 0 Å². The molecule has 3 rings (SSSR count). The molecule has 21 heavy (non-hydrogen) atoms. The van der Waals surface area contributed by atoms with Gasteiger partial charge in [-0.05, 0) is 37.1 Å². The smallest absolute Gasteiger partial charge is 0.122 e. The number of hydrogen-bond donors (Lipinski definition) is 2. The van der Waals surface area contributed by atoms with Gasteiger partial charge in [0.05, 0.1) is 12.2 Å². The van der Waals surface area contributed by atoms with Crippen molar-refractivity contribution in [1.82, 2.24) is 0 Å². The van der Waals surface area contributed by atoms with E-state index in [1.165, 1.54) is 0 Å². The van der Waals surface area contributed by atoms with E-state index in [0.717, 1.165) is 50.3 Å². The van der Waals surface area contributed by atoms with E-state index >= 15 is 0 Å². The van der Waals surface area contributed by atoms with Crippen LogP contribution in [0.5, 0.6) is 0 Å². The molecule has 2 aliphatic rings. The molecule has 5 heteroatoms. The van der Waals surface area contributed by atoms with Gasteiger partial charge in [-0.25, -0.2) is 0 Å². The normalized spacial score (nSPS) is 28.7. The van der Waals surface area contributed by atoms with Crippen LogP contribution in [0.3, 0.4) is 0 Å². The lowest BCUT2D eigenvalue weighted by molar-refractivity contribution is -0.0855. The minimum atomic E-state index is -0.0729. The highest BCUT2D eigenvalue weighted by Crippen LogP contribution is 2.35. The SMILES string of the molecule is CN(c1ccc(C(=N)N)cc1)C1CCOC2(CCOC2)C1. The number of ether oxygens (including phenoxy) is 2. The number of nitrogens with two attached hydrogens (primary N) is 1. The van der Waals surface area contributed by atoms with Gasteiger partial charge in [-0.15, -0.1) is 0 Å². The van der Waals surface area contributed by atoms with E-state index in [1.54, 1.807) is 0 Å². The van der Waals surface area contributed by atoms with E-state index in [4.69, 9.17) is 20.6 Å². The lowest BCUT2D eigenvalue weighted by Gasteiger charge is -2.41. The Morgan fingerprint density at radius 2 is 2.10 bits per heavy atom. The molecule has 2 aliphatic heterocycles. The van der Waals surface area contributed by atoms with Gasteiger partial charge in [0, 0.05) is 44.0 Å². The Balaban J connectivity index is 1.71. The number of benzene rings is 1. The highest BCUT2D eigenvalue weighted by Gasteiger charge is 2.42. The molecule has 1 aromatic rings. The maximum Gasteiger partial charge on any atom is 0.122 e. The zero-order valence-corrected chi connectivity index (χ0v) is 12.5. The van der Waals surface area contributed by atoms with E-state index in [-0.39, 0.29) is 11.4 Å². The molecule has 0 radical (unpaired) electrons. The summed E-state index contributed by atoms with van der Waals surface area (Å²) in [7, 11) is 2.13. The van der Waals surface area contributed by atoms with Crippen LogP contribution in [0.2, 0.25) is 0 Å². The van der Waals surface area contributed by atoms with Crippen molar-refractivity contribution in [2.24, 2.45) is 5.73 Å². The molecule has 0 aromatic heterocycles. The zero-order valence-electron chi connectivity index (χ0n) is 12.5. The Morgan fingerprint density at radius 3 is 2.71 bits per heavy atom. The number of nitrogens with zero attached hydrogens (tertiary/aromatic N) is 1. The quantitative estimate of drug-likeness (QED) is 0.657. The Hall–Kier alpha value is -1.59. The molecule has 0 saturated carbocycles. The highest BCUT2D eigenvalue weighted by molar-refractivity contribution is 5.95. The van der Waals surface area contributed by atoms with Gasteiger partial charge in [0.15, 0.2) is 0 Å². The van der Waals surface area contributed by atoms with Gasteiger partial charge in [0.1, 0.15) is 5.84 Å². The van der Waals surface area contributed by atoms with Crippen molar-refractivity contribution in [3.05, 3.63) is 29.8 Å². The monoisotopic (exact) mass is 289 g/mol. The minimum absolute atomic E-state index is 0.0729. The largest absolute Gasteiger partial charge is 0.384 e. The fourth-order valence-electron chi connectivity index (χ4n) is 3.28. The molecule has 114 valence electrons. The van der Waals surface area contributed by atoms with Crippen LogP contribution in [-0.2, 0) is 9.47 Å². The van der Waals surface area contributed by atoms with Crippen LogP contribution in [-0.4, -0.2) is 44.3 Å². The van der Waals surface area contributed by atoms with Crippen molar-refractivity contribution in [2.75, 3.05) is 31.8 Å². The van der Waals surface area contributed by atoms with Crippen LogP contribution in [0.4, 0.5) is 5.69 Å². The lowest BCUT2D eigenvalue weighted by atomic mass is 9.89. The number of hydrogen-bond acceptors (Lipinski definition) is 4. The molecule has 1 spiro atoms. The predicted molar refractivity (Wildman–Crippen MR) is 83.0 cm³/mol. The maximum atomic E-state index is 7.45. The number of rotatable bonds is 3. The van der Waals surface area contributed by atoms with Crippen molar-refractivity contribution >= 4 is 11.5 Å². The molecular formula is C16H23N3O2. The van der Waals surface area contributed by atoms with Crippen molar-refractivity contribution < 1.29 is 9.47 Å². The Morgan fingerprint density at radius 1 is 1.33 bits per heavy atom. The molecule has 2 saturated heterocycles. The second kappa shape index (κ2) is 5.66. The third-order valence-corrected chi connectivity index (χ3v) is 4.67. The number of nitrogen functional groups attached to an aromatic ring is 1. The first-order valence-electron chi connectivity index (χ1n) is 7.49. The molecule has 5 nitrogen and oxygen atoms in total. The number of amidine groups is 1. The molecular weight excluding hydrogens is 266 g/mol. The minimum Gasteiger partial charge on any atom is -0.384 e. The molecule has 0 amide bonds. The average Bonchev–Trinajstić information content (AvgIpc) is 2.94. The Kier molecular flexibility index (Phi) is 3.87. The van der Waals surface area contributed by atoms with Crippen LogP contribution in [0.25, 0.3) is 0 Å². The topological polar surface area (TPSA) is 71.6 Å². The molecule has 3 N–H and O–H groups in total. The lowest BCUT2D eigenvalue weighted by Crippen LogP contribution is -2.48. The van der Waals surface area contributed by atoms with E-state index in [0.29, 0.717) is 6.04 Å². The standard InChI is InChI=1S/C16H23N3O2/c1-19(13-4-2-12(3-5-13)15(17)18)14-6-8-21-16(10-14)7-9-20-11-16/h2-5,14H,6-11H2,1H3,(H3,17,18). The third-order valence-electron chi connectivity index (χ3n) is 4.67. The third kappa shape index (κ3) is 2.89. The number of nitrogens with one attached hydrogen (secondary N) is 1. The van der Waals surface area contributed by atoms with E-state index < -0.39 is 0 Å². The highest BCUT2D eigenvalue weighted by atomic mass is 16.6. The maximum absolute atomic E-state index is 7.45. The summed E-state index contributed by atoms with van der Waals surface area (Å²) in [4.78, 5) is 2.31. The van der Waals surface area contributed by atoms with Crippen molar-refractivity contribution in [3.8, 4) is 0 Å². The number of anilines is 1. The molecule has 0 aliphatic carbocycles. The zero-order chi connectivity index (χ0) is 14.9. The molecule has 0 bridgehead atoms. The Bertz CT molecular complexity index is 509.